The first-order valence-electron chi connectivity index (χ1n) is 8.46. The van der Waals surface area contributed by atoms with Gasteiger partial charge in [0, 0.05) is 13.1 Å². The predicted molar refractivity (Wildman–Crippen MR) is 92.1 cm³/mol. The predicted octanol–water partition coefficient (Wildman–Crippen LogP) is 2.89. The summed E-state index contributed by atoms with van der Waals surface area (Å²) in [6.07, 6.45) is 4.67. The summed E-state index contributed by atoms with van der Waals surface area (Å²) < 4.78 is 11.6. The molecule has 1 spiro atoms. The summed E-state index contributed by atoms with van der Waals surface area (Å²) in [6.45, 7) is 3.50. The van der Waals surface area contributed by atoms with Crippen LogP contribution in [0.3, 0.4) is 0 Å². The van der Waals surface area contributed by atoms with E-state index >= 15 is 0 Å². The molecule has 2 fully saturated rings. The number of ether oxygens (including phenoxy) is 1. The lowest BCUT2D eigenvalue weighted by Gasteiger charge is -2.38. The van der Waals surface area contributed by atoms with Gasteiger partial charge in [-0.2, -0.15) is 0 Å². The van der Waals surface area contributed by atoms with Gasteiger partial charge in [0.05, 0.1) is 35.9 Å². The van der Waals surface area contributed by atoms with Crippen LogP contribution in [0.25, 0.3) is 0 Å². The molecule has 1 N–H and O–H groups in total. The zero-order valence-corrected chi connectivity index (χ0v) is 14.4. The smallest absolute Gasteiger partial charge is 0.261 e. The first kappa shape index (κ1) is 15.9. The van der Waals surface area contributed by atoms with Gasteiger partial charge in [0.25, 0.3) is 5.91 Å². The van der Waals surface area contributed by atoms with Gasteiger partial charge in [-0.05, 0) is 42.8 Å². The summed E-state index contributed by atoms with van der Waals surface area (Å²) in [7, 11) is 0. The lowest BCUT2D eigenvalue weighted by molar-refractivity contribution is -0.0457. The fourth-order valence-electron chi connectivity index (χ4n) is 3.69. The molecule has 4 rings (SSSR count). The van der Waals surface area contributed by atoms with E-state index in [0.717, 1.165) is 49.5 Å². The van der Waals surface area contributed by atoms with Crippen LogP contribution >= 0.6 is 11.3 Å². The van der Waals surface area contributed by atoms with Crippen molar-refractivity contribution in [1.82, 2.24) is 10.2 Å². The minimum absolute atomic E-state index is 0.0194. The maximum Gasteiger partial charge on any atom is 0.261 e. The molecule has 2 aromatic rings. The van der Waals surface area contributed by atoms with Crippen LogP contribution in [-0.4, -0.2) is 42.1 Å². The molecule has 24 heavy (non-hydrogen) atoms. The van der Waals surface area contributed by atoms with Crippen molar-refractivity contribution in [2.75, 3.05) is 19.7 Å². The molecule has 128 valence electrons. The number of nitrogens with one attached hydrogen (secondary N) is 1. The van der Waals surface area contributed by atoms with E-state index in [1.165, 1.54) is 11.3 Å². The first-order valence-corrected chi connectivity index (χ1v) is 9.33. The third-order valence-electron chi connectivity index (χ3n) is 5.02. The Morgan fingerprint density at radius 2 is 2.21 bits per heavy atom. The van der Waals surface area contributed by atoms with E-state index in [-0.39, 0.29) is 17.6 Å². The number of amides is 1. The summed E-state index contributed by atoms with van der Waals surface area (Å²) in [5.41, 5.74) is -0.0624. The SMILES string of the molecule is O=C(N[C@H]1COC2(CCN(Cc3ccco3)CC2)C1)c1cccs1. The highest BCUT2D eigenvalue weighted by Gasteiger charge is 2.43. The lowest BCUT2D eigenvalue weighted by Crippen LogP contribution is -2.44. The molecule has 1 atom stereocenters. The second kappa shape index (κ2) is 6.70. The van der Waals surface area contributed by atoms with Crippen molar-refractivity contribution in [1.29, 1.82) is 0 Å². The van der Waals surface area contributed by atoms with Gasteiger partial charge < -0.3 is 14.5 Å². The van der Waals surface area contributed by atoms with Crippen molar-refractivity contribution < 1.29 is 13.9 Å². The van der Waals surface area contributed by atoms with Crippen LogP contribution in [0.2, 0.25) is 0 Å². The number of hydrogen-bond acceptors (Lipinski definition) is 5. The van der Waals surface area contributed by atoms with E-state index in [1.54, 1.807) is 6.26 Å². The van der Waals surface area contributed by atoms with Crippen molar-refractivity contribution in [3.05, 3.63) is 46.5 Å². The van der Waals surface area contributed by atoms with Gasteiger partial charge in [0.15, 0.2) is 0 Å². The molecule has 2 aliphatic rings. The highest BCUT2D eigenvalue weighted by Crippen LogP contribution is 2.36. The second-order valence-corrected chi connectivity index (χ2v) is 7.65. The van der Waals surface area contributed by atoms with E-state index < -0.39 is 0 Å². The Bertz CT molecular complexity index is 661. The van der Waals surface area contributed by atoms with Crippen molar-refractivity contribution in [2.24, 2.45) is 0 Å². The van der Waals surface area contributed by atoms with Crippen LogP contribution in [0.5, 0.6) is 0 Å². The Hall–Kier alpha value is -1.63. The third-order valence-corrected chi connectivity index (χ3v) is 5.88. The number of nitrogens with zero attached hydrogens (tertiary/aromatic N) is 1. The molecule has 6 heteroatoms. The molecular formula is C18H22N2O3S. The van der Waals surface area contributed by atoms with Crippen molar-refractivity contribution in [3.8, 4) is 0 Å². The molecule has 1 amide bonds. The highest BCUT2D eigenvalue weighted by atomic mass is 32.1. The number of rotatable bonds is 4. The summed E-state index contributed by atoms with van der Waals surface area (Å²) in [5, 5.41) is 5.05. The molecular weight excluding hydrogens is 324 g/mol. The molecule has 5 nitrogen and oxygen atoms in total. The summed E-state index contributed by atoms with van der Waals surface area (Å²) >= 11 is 1.47. The fourth-order valence-corrected chi connectivity index (χ4v) is 4.32. The molecule has 0 unspecified atom stereocenters. The zero-order chi connectivity index (χ0) is 16.4. The normalized spacial score (nSPS) is 23.6. The van der Waals surface area contributed by atoms with Crippen LogP contribution in [0.1, 0.15) is 34.7 Å². The van der Waals surface area contributed by atoms with Gasteiger partial charge >= 0.3 is 0 Å². The van der Waals surface area contributed by atoms with Gasteiger partial charge in [0.1, 0.15) is 5.76 Å². The van der Waals surface area contributed by atoms with Crippen LogP contribution in [-0.2, 0) is 11.3 Å². The Kier molecular flexibility index (Phi) is 4.43. The monoisotopic (exact) mass is 346 g/mol. The Balaban J connectivity index is 1.28. The number of likely N-dealkylation sites (tertiary alicyclic amines) is 1. The van der Waals surface area contributed by atoms with Crippen molar-refractivity contribution in [3.63, 3.8) is 0 Å². The first-order chi connectivity index (χ1) is 11.7. The minimum atomic E-state index is -0.0624. The van der Waals surface area contributed by atoms with Crippen LogP contribution < -0.4 is 5.32 Å². The lowest BCUT2D eigenvalue weighted by atomic mass is 9.87. The minimum Gasteiger partial charge on any atom is -0.468 e. The van der Waals surface area contributed by atoms with Gasteiger partial charge in [-0.1, -0.05) is 6.07 Å². The van der Waals surface area contributed by atoms with Crippen LogP contribution in [0, 0.1) is 0 Å². The molecule has 0 radical (unpaired) electrons. The van der Waals surface area contributed by atoms with E-state index in [1.807, 2.05) is 29.6 Å². The molecule has 0 bridgehead atoms. The highest BCUT2D eigenvalue weighted by molar-refractivity contribution is 7.12. The Morgan fingerprint density at radius 1 is 1.33 bits per heavy atom. The maximum absolute atomic E-state index is 12.2. The number of carbonyl (C=O) groups is 1. The number of furan rings is 1. The van der Waals surface area contributed by atoms with E-state index in [2.05, 4.69) is 10.2 Å². The maximum atomic E-state index is 12.2. The largest absolute Gasteiger partial charge is 0.468 e. The summed E-state index contributed by atoms with van der Waals surface area (Å²) in [5.74, 6) is 1.03. The van der Waals surface area contributed by atoms with Crippen molar-refractivity contribution in [2.45, 2.75) is 37.5 Å². The van der Waals surface area contributed by atoms with Crippen LogP contribution in [0.4, 0.5) is 0 Å². The Labute approximate surface area is 145 Å². The fraction of sp³-hybridized carbons (Fsp3) is 0.500. The molecule has 2 saturated heterocycles. The quantitative estimate of drug-likeness (QED) is 0.925. The van der Waals surface area contributed by atoms with E-state index in [0.29, 0.717) is 6.61 Å². The zero-order valence-electron chi connectivity index (χ0n) is 13.6. The van der Waals surface area contributed by atoms with Crippen LogP contribution in [0.15, 0.2) is 40.3 Å². The van der Waals surface area contributed by atoms with Gasteiger partial charge in [0.2, 0.25) is 0 Å². The molecule has 0 aliphatic carbocycles. The average Bonchev–Trinajstić information content (AvgIpc) is 3.33. The molecule has 2 aromatic heterocycles. The van der Waals surface area contributed by atoms with E-state index in [4.69, 9.17) is 9.15 Å². The number of thiophene rings is 1. The molecule has 2 aliphatic heterocycles. The number of hydrogen-bond donors (Lipinski definition) is 1. The molecule has 4 heterocycles. The van der Waals surface area contributed by atoms with Gasteiger partial charge in [-0.25, -0.2) is 0 Å². The molecule has 0 aromatic carbocycles. The standard InChI is InChI=1S/C18H22N2O3S/c21-17(16-4-2-10-24-16)19-14-11-18(23-13-14)5-7-20(8-6-18)12-15-3-1-9-22-15/h1-4,9-10,14H,5-8,11-13H2,(H,19,21)/t14-/m1/s1. The molecule has 0 saturated carbocycles. The second-order valence-electron chi connectivity index (χ2n) is 6.70. The van der Waals surface area contributed by atoms with Crippen molar-refractivity contribution >= 4 is 17.2 Å². The van der Waals surface area contributed by atoms with E-state index in [9.17, 15) is 4.79 Å². The van der Waals surface area contributed by atoms with Gasteiger partial charge in [-0.15, -0.1) is 11.3 Å². The van der Waals surface area contributed by atoms with Gasteiger partial charge in [-0.3, -0.25) is 9.69 Å². The Morgan fingerprint density at radius 3 is 2.92 bits per heavy atom. The average molecular weight is 346 g/mol. The number of carbonyl (C=O) groups excluding carboxylic acids is 1. The summed E-state index contributed by atoms with van der Waals surface area (Å²) in [4.78, 5) is 15.4. The summed E-state index contributed by atoms with van der Waals surface area (Å²) in [6, 6.07) is 7.84. The topological polar surface area (TPSA) is 54.7 Å². The number of piperidine rings is 1. The third kappa shape index (κ3) is 3.41.